The molecule has 15 heavy (non-hydrogen) atoms. The van der Waals surface area contributed by atoms with Crippen LogP contribution in [0.2, 0.25) is 0 Å². The molecular formula is C12H23NO2. The molecular weight excluding hydrogens is 190 g/mol. The normalized spacial score (nSPS) is 47.0. The maximum atomic E-state index is 10.4. The first-order valence-corrected chi connectivity index (χ1v) is 6.21. The summed E-state index contributed by atoms with van der Waals surface area (Å²) in [5.41, 5.74) is 5.35. The first kappa shape index (κ1) is 11.4. The lowest BCUT2D eigenvalue weighted by atomic mass is 9.79. The highest BCUT2D eigenvalue weighted by molar-refractivity contribution is 4.90. The van der Waals surface area contributed by atoms with Crippen molar-refractivity contribution in [2.75, 3.05) is 0 Å². The molecule has 1 aliphatic heterocycles. The molecule has 0 aromatic carbocycles. The molecule has 2 unspecified atom stereocenters. The number of aliphatic hydroxyl groups is 1. The van der Waals surface area contributed by atoms with Crippen LogP contribution in [0.25, 0.3) is 0 Å². The van der Waals surface area contributed by atoms with Crippen molar-refractivity contribution in [3.63, 3.8) is 0 Å². The second kappa shape index (κ2) is 4.40. The second-order valence-electron chi connectivity index (χ2n) is 5.41. The van der Waals surface area contributed by atoms with Crippen molar-refractivity contribution in [3.05, 3.63) is 0 Å². The lowest BCUT2D eigenvalue weighted by Crippen LogP contribution is -2.41. The molecule has 3 nitrogen and oxygen atoms in total. The summed E-state index contributed by atoms with van der Waals surface area (Å²) in [6, 6.07) is 0.300. The third-order valence-corrected chi connectivity index (χ3v) is 3.89. The molecule has 3 N–H and O–H groups in total. The van der Waals surface area contributed by atoms with Crippen molar-refractivity contribution in [2.24, 2.45) is 5.73 Å². The number of hydrogen-bond acceptors (Lipinski definition) is 3. The summed E-state index contributed by atoms with van der Waals surface area (Å²) in [6.07, 6.45) is 7.33. The molecule has 0 aromatic rings. The van der Waals surface area contributed by atoms with Crippen LogP contribution in [0.5, 0.6) is 0 Å². The van der Waals surface area contributed by atoms with Crippen molar-refractivity contribution < 1.29 is 9.84 Å². The Labute approximate surface area is 92.0 Å². The molecule has 0 spiro atoms. The predicted molar refractivity (Wildman–Crippen MR) is 59.6 cm³/mol. The standard InChI is InChI=1S/C12H23NO2/c1-9-2-3-11(15-9)8-12(14)6-4-10(13)5-7-12/h9-11,14H,2-8,13H2,1H3. The number of rotatable bonds is 2. The van der Waals surface area contributed by atoms with Gasteiger partial charge >= 0.3 is 0 Å². The van der Waals surface area contributed by atoms with Gasteiger partial charge in [-0.15, -0.1) is 0 Å². The van der Waals surface area contributed by atoms with E-state index in [0.29, 0.717) is 12.1 Å². The molecule has 1 saturated carbocycles. The van der Waals surface area contributed by atoms with E-state index in [1.807, 2.05) is 0 Å². The van der Waals surface area contributed by atoms with Gasteiger partial charge in [-0.25, -0.2) is 0 Å². The van der Waals surface area contributed by atoms with Gasteiger partial charge in [0.2, 0.25) is 0 Å². The van der Waals surface area contributed by atoms with Crippen LogP contribution in [0, 0.1) is 0 Å². The third-order valence-electron chi connectivity index (χ3n) is 3.89. The van der Waals surface area contributed by atoms with E-state index >= 15 is 0 Å². The highest BCUT2D eigenvalue weighted by Gasteiger charge is 2.36. The Hall–Kier alpha value is -0.120. The largest absolute Gasteiger partial charge is 0.390 e. The molecule has 1 heterocycles. The minimum atomic E-state index is -0.495. The van der Waals surface area contributed by atoms with Crippen LogP contribution < -0.4 is 5.73 Å². The summed E-state index contributed by atoms with van der Waals surface area (Å²) in [5, 5.41) is 10.4. The zero-order valence-corrected chi connectivity index (χ0v) is 9.61. The van der Waals surface area contributed by atoms with Crippen molar-refractivity contribution >= 4 is 0 Å². The van der Waals surface area contributed by atoms with Crippen LogP contribution in [0.4, 0.5) is 0 Å². The minimum absolute atomic E-state index is 0.277. The summed E-state index contributed by atoms with van der Waals surface area (Å²) < 4.78 is 5.76. The SMILES string of the molecule is CC1CCC(CC2(O)CCC(N)CC2)O1. The summed E-state index contributed by atoms with van der Waals surface area (Å²) >= 11 is 0. The summed E-state index contributed by atoms with van der Waals surface area (Å²) in [4.78, 5) is 0. The van der Waals surface area contributed by atoms with Crippen molar-refractivity contribution in [2.45, 2.75) is 75.7 Å². The molecule has 1 aliphatic carbocycles. The van der Waals surface area contributed by atoms with E-state index in [2.05, 4.69) is 6.92 Å². The lowest BCUT2D eigenvalue weighted by Gasteiger charge is -2.36. The molecule has 2 rings (SSSR count). The molecule has 0 aromatic heterocycles. The number of ether oxygens (including phenoxy) is 1. The van der Waals surface area contributed by atoms with Gasteiger partial charge in [-0.3, -0.25) is 0 Å². The van der Waals surface area contributed by atoms with Crippen LogP contribution in [-0.4, -0.2) is 29.0 Å². The summed E-state index contributed by atoms with van der Waals surface area (Å²) in [7, 11) is 0. The van der Waals surface area contributed by atoms with Gasteiger partial charge < -0.3 is 15.6 Å². The van der Waals surface area contributed by atoms with Gasteiger partial charge in [-0.1, -0.05) is 0 Å². The first-order chi connectivity index (χ1) is 7.07. The van der Waals surface area contributed by atoms with E-state index in [4.69, 9.17) is 10.5 Å². The summed E-state index contributed by atoms with van der Waals surface area (Å²) in [5.74, 6) is 0. The van der Waals surface area contributed by atoms with Crippen LogP contribution in [0.15, 0.2) is 0 Å². The molecule has 0 amide bonds. The predicted octanol–water partition coefficient (Wildman–Crippen LogP) is 1.58. The molecule has 2 aliphatic rings. The van der Waals surface area contributed by atoms with Gasteiger partial charge in [0.15, 0.2) is 0 Å². The number of nitrogens with two attached hydrogens (primary N) is 1. The molecule has 2 fully saturated rings. The quantitative estimate of drug-likeness (QED) is 0.732. The van der Waals surface area contributed by atoms with Crippen molar-refractivity contribution in [1.29, 1.82) is 0 Å². The average Bonchev–Trinajstić information content (AvgIpc) is 2.57. The zero-order chi connectivity index (χ0) is 10.9. The Morgan fingerprint density at radius 3 is 2.47 bits per heavy atom. The molecule has 0 bridgehead atoms. The van der Waals surface area contributed by atoms with Gasteiger partial charge in [0.1, 0.15) is 0 Å². The van der Waals surface area contributed by atoms with Crippen LogP contribution in [-0.2, 0) is 4.74 Å². The molecule has 1 saturated heterocycles. The Morgan fingerprint density at radius 2 is 1.93 bits per heavy atom. The smallest absolute Gasteiger partial charge is 0.0673 e. The van der Waals surface area contributed by atoms with Gasteiger partial charge in [-0.2, -0.15) is 0 Å². The topological polar surface area (TPSA) is 55.5 Å². The summed E-state index contributed by atoms with van der Waals surface area (Å²) in [6.45, 7) is 2.11. The first-order valence-electron chi connectivity index (χ1n) is 6.21. The van der Waals surface area contributed by atoms with Gasteiger partial charge in [0.25, 0.3) is 0 Å². The fourth-order valence-electron chi connectivity index (χ4n) is 2.84. The van der Waals surface area contributed by atoms with Crippen LogP contribution >= 0.6 is 0 Å². The van der Waals surface area contributed by atoms with Gasteiger partial charge in [0, 0.05) is 12.5 Å². The Bertz CT molecular complexity index is 212. The highest BCUT2D eigenvalue weighted by Crippen LogP contribution is 2.35. The van der Waals surface area contributed by atoms with E-state index in [9.17, 15) is 5.11 Å². The van der Waals surface area contributed by atoms with Crippen molar-refractivity contribution in [1.82, 2.24) is 0 Å². The minimum Gasteiger partial charge on any atom is -0.390 e. The van der Waals surface area contributed by atoms with Crippen LogP contribution in [0.1, 0.15) is 51.9 Å². The van der Waals surface area contributed by atoms with Crippen LogP contribution in [0.3, 0.4) is 0 Å². The maximum absolute atomic E-state index is 10.4. The van der Waals surface area contributed by atoms with E-state index < -0.39 is 5.60 Å². The van der Waals surface area contributed by atoms with E-state index in [1.165, 1.54) is 0 Å². The van der Waals surface area contributed by atoms with Gasteiger partial charge in [0.05, 0.1) is 17.8 Å². The molecule has 88 valence electrons. The average molecular weight is 213 g/mol. The molecule has 3 heteroatoms. The van der Waals surface area contributed by atoms with E-state index in [0.717, 1.165) is 44.9 Å². The van der Waals surface area contributed by atoms with Crippen molar-refractivity contribution in [3.8, 4) is 0 Å². The van der Waals surface area contributed by atoms with E-state index in [1.54, 1.807) is 0 Å². The fourth-order valence-corrected chi connectivity index (χ4v) is 2.84. The monoisotopic (exact) mass is 213 g/mol. The zero-order valence-electron chi connectivity index (χ0n) is 9.61. The Balaban J connectivity index is 1.82. The number of hydrogen-bond donors (Lipinski definition) is 2. The highest BCUT2D eigenvalue weighted by atomic mass is 16.5. The second-order valence-corrected chi connectivity index (χ2v) is 5.41. The Kier molecular flexibility index (Phi) is 3.33. The van der Waals surface area contributed by atoms with Gasteiger partial charge in [-0.05, 0) is 45.4 Å². The fraction of sp³-hybridized carbons (Fsp3) is 1.00. The third kappa shape index (κ3) is 2.92. The lowest BCUT2D eigenvalue weighted by molar-refractivity contribution is -0.0560. The van der Waals surface area contributed by atoms with E-state index in [-0.39, 0.29) is 6.10 Å². The molecule has 2 atom stereocenters. The molecule has 0 radical (unpaired) electrons. The maximum Gasteiger partial charge on any atom is 0.0673 e. The Morgan fingerprint density at radius 1 is 1.27 bits per heavy atom.